The smallest absolute Gasteiger partial charge is 0.240 e. The van der Waals surface area contributed by atoms with Gasteiger partial charge in [0.25, 0.3) is 0 Å². The summed E-state index contributed by atoms with van der Waals surface area (Å²) in [7, 11) is -0.0102. The zero-order valence-corrected chi connectivity index (χ0v) is 17.4. The van der Waals surface area contributed by atoms with Crippen LogP contribution in [0.5, 0.6) is 11.5 Å². The molecule has 0 aliphatic rings. The number of benzene rings is 2. The summed E-state index contributed by atoms with van der Waals surface area (Å²) in [6, 6.07) is 7.59. The van der Waals surface area contributed by atoms with Crippen LogP contribution in [0.4, 0.5) is 8.78 Å². The zero-order valence-electron chi connectivity index (χ0n) is 16.6. The Morgan fingerprint density at radius 1 is 1.17 bits per heavy atom. The Balaban J connectivity index is 2.15. The molecule has 0 saturated heterocycles. The van der Waals surface area contributed by atoms with Gasteiger partial charge in [-0.25, -0.2) is 21.9 Å². The van der Waals surface area contributed by atoms with E-state index in [4.69, 9.17) is 10.5 Å². The van der Waals surface area contributed by atoms with Crippen LogP contribution >= 0.6 is 0 Å². The summed E-state index contributed by atoms with van der Waals surface area (Å²) in [6.45, 7) is 2.84. The summed E-state index contributed by atoms with van der Waals surface area (Å²) in [5.41, 5.74) is 6.59. The highest BCUT2D eigenvalue weighted by Gasteiger charge is 2.16. The van der Waals surface area contributed by atoms with Gasteiger partial charge in [-0.1, -0.05) is 11.6 Å². The van der Waals surface area contributed by atoms with Gasteiger partial charge in [0.2, 0.25) is 10.0 Å². The first-order chi connectivity index (χ1) is 13.6. The van der Waals surface area contributed by atoms with Gasteiger partial charge in [0.05, 0.1) is 4.90 Å². The second-order valence-electron chi connectivity index (χ2n) is 6.78. The molecule has 0 aliphatic carbocycles. The Morgan fingerprint density at radius 2 is 1.76 bits per heavy atom. The van der Waals surface area contributed by atoms with Gasteiger partial charge in [-0.2, -0.15) is 0 Å². The molecule has 9 heteroatoms. The number of hydrogen-bond acceptors (Lipinski definition) is 5. The van der Waals surface area contributed by atoms with Gasteiger partial charge >= 0.3 is 0 Å². The maximum atomic E-state index is 14.3. The number of rotatable bonds is 9. The van der Waals surface area contributed by atoms with E-state index in [1.807, 2.05) is 19.0 Å². The van der Waals surface area contributed by atoms with E-state index >= 15 is 0 Å². The van der Waals surface area contributed by atoms with Crippen molar-refractivity contribution in [3.63, 3.8) is 0 Å². The lowest BCUT2D eigenvalue weighted by atomic mass is 10.1. The van der Waals surface area contributed by atoms with Crippen molar-refractivity contribution in [1.29, 1.82) is 0 Å². The van der Waals surface area contributed by atoms with Crippen molar-refractivity contribution in [3.05, 3.63) is 59.2 Å². The predicted octanol–water partition coefficient (Wildman–Crippen LogP) is 2.96. The maximum Gasteiger partial charge on any atom is 0.240 e. The van der Waals surface area contributed by atoms with Gasteiger partial charge in [-0.05, 0) is 63.0 Å². The van der Waals surface area contributed by atoms with Gasteiger partial charge < -0.3 is 15.4 Å². The fourth-order valence-electron chi connectivity index (χ4n) is 2.40. The highest BCUT2D eigenvalue weighted by atomic mass is 32.2. The van der Waals surface area contributed by atoms with E-state index in [9.17, 15) is 17.2 Å². The van der Waals surface area contributed by atoms with Crippen LogP contribution in [-0.4, -0.2) is 47.0 Å². The number of nitrogens with one attached hydrogen (secondary N) is 1. The molecule has 0 bridgehead atoms. The number of hydrogen-bond donors (Lipinski definition) is 2. The Labute approximate surface area is 170 Å². The molecule has 29 heavy (non-hydrogen) atoms. The monoisotopic (exact) mass is 425 g/mol. The summed E-state index contributed by atoms with van der Waals surface area (Å²) >= 11 is 0. The van der Waals surface area contributed by atoms with Crippen LogP contribution in [0.3, 0.4) is 0 Å². The van der Waals surface area contributed by atoms with Crippen LogP contribution in [0.25, 0.3) is 6.08 Å². The fraction of sp³-hybridized carbons (Fsp3) is 0.300. The predicted molar refractivity (Wildman–Crippen MR) is 109 cm³/mol. The van der Waals surface area contributed by atoms with E-state index in [1.165, 1.54) is 24.3 Å². The van der Waals surface area contributed by atoms with Crippen molar-refractivity contribution in [1.82, 2.24) is 9.62 Å². The number of sulfonamides is 1. The Morgan fingerprint density at radius 3 is 2.28 bits per heavy atom. The molecule has 0 atom stereocenters. The molecule has 0 radical (unpaired) electrons. The SMILES string of the molecule is CC(=Cc1cc(F)c(Oc2ccc(S(=O)(=O)NCCN(C)C)cc2)c(F)c1)CN. The highest BCUT2D eigenvalue weighted by Crippen LogP contribution is 2.30. The minimum absolute atomic E-state index is 0.0299. The molecule has 0 spiro atoms. The average Bonchev–Trinajstić information content (AvgIpc) is 2.64. The molecular formula is C20H25F2N3O3S. The minimum atomic E-state index is -3.68. The van der Waals surface area contributed by atoms with E-state index in [0.29, 0.717) is 12.1 Å². The topological polar surface area (TPSA) is 84.7 Å². The summed E-state index contributed by atoms with van der Waals surface area (Å²) < 4.78 is 60.8. The number of halogens is 2. The van der Waals surface area contributed by atoms with Crippen LogP contribution in [0, 0.1) is 11.6 Å². The molecule has 2 rings (SSSR count). The van der Waals surface area contributed by atoms with Crippen molar-refractivity contribution >= 4 is 16.1 Å². The lowest BCUT2D eigenvalue weighted by molar-refractivity contribution is 0.407. The summed E-state index contributed by atoms with van der Waals surface area (Å²) in [5.74, 6) is -2.20. The molecule has 0 aromatic heterocycles. The van der Waals surface area contributed by atoms with E-state index in [2.05, 4.69) is 4.72 Å². The van der Waals surface area contributed by atoms with E-state index in [0.717, 1.165) is 17.7 Å². The molecule has 0 amide bonds. The molecule has 0 heterocycles. The zero-order chi connectivity index (χ0) is 21.6. The summed E-state index contributed by atoms with van der Waals surface area (Å²) in [4.78, 5) is 1.88. The number of ether oxygens (including phenoxy) is 1. The number of likely N-dealkylation sites (N-methyl/N-ethyl adjacent to an activating group) is 1. The normalized spacial score (nSPS) is 12.4. The van der Waals surface area contributed by atoms with Gasteiger partial charge in [-0.3, -0.25) is 0 Å². The lowest BCUT2D eigenvalue weighted by Gasteiger charge is -2.12. The van der Waals surface area contributed by atoms with Gasteiger partial charge in [0.1, 0.15) is 5.75 Å². The van der Waals surface area contributed by atoms with Crippen LogP contribution in [0.15, 0.2) is 46.9 Å². The van der Waals surface area contributed by atoms with E-state index < -0.39 is 27.4 Å². The number of nitrogens with zero attached hydrogens (tertiary/aromatic N) is 1. The molecule has 6 nitrogen and oxygen atoms in total. The first kappa shape index (κ1) is 23.0. The maximum absolute atomic E-state index is 14.3. The summed E-state index contributed by atoms with van der Waals surface area (Å²) in [5, 5.41) is 0. The van der Waals surface area contributed by atoms with Crippen LogP contribution < -0.4 is 15.2 Å². The Bertz CT molecular complexity index is 952. The van der Waals surface area contributed by atoms with Crippen LogP contribution in [0.1, 0.15) is 12.5 Å². The molecule has 2 aromatic rings. The second kappa shape index (κ2) is 9.93. The van der Waals surface area contributed by atoms with Crippen molar-refractivity contribution in [3.8, 4) is 11.5 Å². The van der Waals surface area contributed by atoms with Crippen LogP contribution in [0.2, 0.25) is 0 Å². The van der Waals surface area contributed by atoms with Crippen molar-refractivity contribution in [2.24, 2.45) is 5.73 Å². The fourth-order valence-corrected chi connectivity index (χ4v) is 3.42. The number of nitrogens with two attached hydrogens (primary N) is 1. The third-order valence-corrected chi connectivity index (χ3v) is 5.44. The van der Waals surface area contributed by atoms with Gasteiger partial charge in [-0.15, -0.1) is 0 Å². The van der Waals surface area contributed by atoms with Crippen LogP contribution in [-0.2, 0) is 10.0 Å². The molecule has 3 N–H and O–H groups in total. The molecule has 0 aliphatic heterocycles. The summed E-state index contributed by atoms with van der Waals surface area (Å²) in [6.07, 6.45) is 1.58. The second-order valence-corrected chi connectivity index (χ2v) is 8.55. The minimum Gasteiger partial charge on any atom is -0.451 e. The lowest BCUT2D eigenvalue weighted by Crippen LogP contribution is -2.31. The largest absolute Gasteiger partial charge is 0.451 e. The molecule has 2 aromatic carbocycles. The molecule has 0 unspecified atom stereocenters. The Kier molecular flexibility index (Phi) is 7.86. The first-order valence-corrected chi connectivity index (χ1v) is 10.4. The molecule has 158 valence electrons. The molecule has 0 fully saturated rings. The van der Waals surface area contributed by atoms with Crippen molar-refractivity contribution < 1.29 is 21.9 Å². The Hall–Kier alpha value is -2.33. The molecular weight excluding hydrogens is 400 g/mol. The third-order valence-electron chi connectivity index (χ3n) is 3.96. The van der Waals surface area contributed by atoms with E-state index in [-0.39, 0.29) is 23.7 Å². The van der Waals surface area contributed by atoms with Crippen molar-refractivity contribution in [2.45, 2.75) is 11.8 Å². The van der Waals surface area contributed by atoms with Crippen molar-refractivity contribution in [2.75, 3.05) is 33.7 Å². The third kappa shape index (κ3) is 6.60. The van der Waals surface area contributed by atoms with Gasteiger partial charge in [0, 0.05) is 19.6 Å². The molecule has 0 saturated carbocycles. The first-order valence-electron chi connectivity index (χ1n) is 8.91. The quantitative estimate of drug-likeness (QED) is 0.645. The standard InChI is InChI=1S/C20H25F2N3O3S/c1-14(13-23)10-15-11-18(21)20(19(22)12-15)28-16-4-6-17(7-5-16)29(26,27)24-8-9-25(2)3/h4-7,10-12,24H,8-9,13,23H2,1-3H3. The highest BCUT2D eigenvalue weighted by molar-refractivity contribution is 7.89. The van der Waals surface area contributed by atoms with Gasteiger partial charge in [0.15, 0.2) is 17.4 Å². The average molecular weight is 426 g/mol. The van der Waals surface area contributed by atoms with E-state index in [1.54, 1.807) is 13.0 Å².